The van der Waals surface area contributed by atoms with E-state index >= 15 is 0 Å². The number of aromatic nitrogens is 2. The molecule has 0 bridgehead atoms. The molecule has 0 radical (unpaired) electrons. The average molecular weight is 274 g/mol. The van der Waals surface area contributed by atoms with Crippen LogP contribution in [0.15, 0.2) is 34.7 Å². The summed E-state index contributed by atoms with van der Waals surface area (Å²) in [6, 6.07) is 7.93. The Balaban J connectivity index is 2.06. The SMILES string of the molecule is C/C(=N\Nc1ccc(C(C)(C)C)nn1)c1cccs1. The van der Waals surface area contributed by atoms with Crippen LogP contribution in [0.2, 0.25) is 0 Å². The predicted octanol–water partition coefficient (Wildman–Crippen LogP) is 3.67. The molecule has 1 N–H and O–H groups in total. The molecular formula is C14H18N4S. The highest BCUT2D eigenvalue weighted by Crippen LogP contribution is 2.19. The zero-order valence-corrected chi connectivity index (χ0v) is 12.5. The van der Waals surface area contributed by atoms with Crippen molar-refractivity contribution in [3.8, 4) is 0 Å². The molecule has 0 spiro atoms. The highest BCUT2D eigenvalue weighted by molar-refractivity contribution is 7.12. The standard InChI is InChI=1S/C14H18N4S/c1-10(11-6-5-9-19-11)15-17-13-8-7-12(16-18-13)14(2,3)4/h5-9H,1-4H3,(H,17,18)/b15-10+. The Morgan fingerprint density at radius 1 is 1.21 bits per heavy atom. The van der Waals surface area contributed by atoms with E-state index in [1.54, 1.807) is 11.3 Å². The summed E-state index contributed by atoms with van der Waals surface area (Å²) < 4.78 is 0. The molecule has 0 amide bonds. The van der Waals surface area contributed by atoms with Gasteiger partial charge in [-0.2, -0.15) is 10.2 Å². The van der Waals surface area contributed by atoms with Gasteiger partial charge in [-0.1, -0.05) is 26.8 Å². The fourth-order valence-electron chi connectivity index (χ4n) is 1.47. The van der Waals surface area contributed by atoms with Crippen molar-refractivity contribution in [2.75, 3.05) is 5.43 Å². The topological polar surface area (TPSA) is 50.2 Å². The van der Waals surface area contributed by atoms with E-state index in [1.165, 1.54) is 0 Å². The second-order valence-corrected chi connectivity index (χ2v) is 6.29. The summed E-state index contributed by atoms with van der Waals surface area (Å²) in [5, 5.41) is 14.7. The summed E-state index contributed by atoms with van der Waals surface area (Å²) in [5.41, 5.74) is 4.86. The summed E-state index contributed by atoms with van der Waals surface area (Å²) in [7, 11) is 0. The lowest BCUT2D eigenvalue weighted by Gasteiger charge is -2.16. The first kappa shape index (κ1) is 13.7. The molecule has 0 unspecified atom stereocenters. The first-order chi connectivity index (χ1) is 8.97. The zero-order valence-electron chi connectivity index (χ0n) is 11.6. The van der Waals surface area contributed by atoms with Crippen molar-refractivity contribution in [3.05, 3.63) is 40.2 Å². The summed E-state index contributed by atoms with van der Waals surface area (Å²) in [6.07, 6.45) is 0. The Kier molecular flexibility index (Phi) is 3.95. The summed E-state index contributed by atoms with van der Waals surface area (Å²) in [5.74, 6) is 0.656. The number of anilines is 1. The lowest BCUT2D eigenvalue weighted by molar-refractivity contribution is 0.559. The molecule has 0 aromatic carbocycles. The average Bonchev–Trinajstić information content (AvgIpc) is 2.89. The largest absolute Gasteiger partial charge is 0.260 e. The van der Waals surface area contributed by atoms with Gasteiger partial charge in [-0.25, -0.2) is 0 Å². The Hall–Kier alpha value is -1.75. The Morgan fingerprint density at radius 2 is 2.00 bits per heavy atom. The number of nitrogens with one attached hydrogen (secondary N) is 1. The first-order valence-electron chi connectivity index (χ1n) is 6.15. The van der Waals surface area contributed by atoms with Gasteiger partial charge in [0, 0.05) is 10.3 Å². The van der Waals surface area contributed by atoms with Crippen molar-refractivity contribution in [1.29, 1.82) is 0 Å². The third-order valence-corrected chi connectivity index (χ3v) is 3.63. The summed E-state index contributed by atoms with van der Waals surface area (Å²) in [6.45, 7) is 8.31. The molecule has 2 rings (SSSR count). The monoisotopic (exact) mass is 274 g/mol. The van der Waals surface area contributed by atoms with Gasteiger partial charge in [0.1, 0.15) is 0 Å². The van der Waals surface area contributed by atoms with E-state index in [0.717, 1.165) is 16.3 Å². The van der Waals surface area contributed by atoms with E-state index in [2.05, 4.69) is 41.5 Å². The maximum Gasteiger partial charge on any atom is 0.168 e. The summed E-state index contributed by atoms with van der Waals surface area (Å²) >= 11 is 1.67. The van der Waals surface area contributed by atoms with E-state index in [9.17, 15) is 0 Å². The van der Waals surface area contributed by atoms with Gasteiger partial charge in [0.2, 0.25) is 0 Å². The molecule has 2 heterocycles. The van der Waals surface area contributed by atoms with Crippen molar-refractivity contribution in [1.82, 2.24) is 10.2 Å². The lowest BCUT2D eigenvalue weighted by atomic mass is 9.92. The van der Waals surface area contributed by atoms with Crippen LogP contribution in [-0.2, 0) is 5.41 Å². The number of rotatable bonds is 3. The minimum atomic E-state index is 0.0156. The number of nitrogens with zero attached hydrogens (tertiary/aromatic N) is 3. The smallest absolute Gasteiger partial charge is 0.168 e. The van der Waals surface area contributed by atoms with Crippen molar-refractivity contribution in [2.24, 2.45) is 5.10 Å². The number of hydrogen-bond donors (Lipinski definition) is 1. The van der Waals surface area contributed by atoms with E-state index in [-0.39, 0.29) is 5.41 Å². The van der Waals surface area contributed by atoms with Gasteiger partial charge in [0.25, 0.3) is 0 Å². The molecule has 2 aromatic rings. The molecule has 0 aliphatic heterocycles. The number of thiophene rings is 1. The van der Waals surface area contributed by atoms with Gasteiger partial charge < -0.3 is 0 Å². The first-order valence-corrected chi connectivity index (χ1v) is 7.03. The molecule has 0 atom stereocenters. The summed E-state index contributed by atoms with van der Waals surface area (Å²) in [4.78, 5) is 1.15. The molecule has 2 aromatic heterocycles. The minimum Gasteiger partial charge on any atom is -0.260 e. The van der Waals surface area contributed by atoms with Crippen LogP contribution in [0.1, 0.15) is 38.3 Å². The third kappa shape index (κ3) is 3.61. The highest BCUT2D eigenvalue weighted by atomic mass is 32.1. The minimum absolute atomic E-state index is 0.0156. The predicted molar refractivity (Wildman–Crippen MR) is 80.9 cm³/mol. The molecule has 100 valence electrons. The molecule has 5 heteroatoms. The molecule has 0 aliphatic rings. The molecule has 19 heavy (non-hydrogen) atoms. The fourth-order valence-corrected chi connectivity index (χ4v) is 2.15. The van der Waals surface area contributed by atoms with Gasteiger partial charge in [-0.3, -0.25) is 5.43 Å². The fraction of sp³-hybridized carbons (Fsp3) is 0.357. The number of hydrogen-bond acceptors (Lipinski definition) is 5. The lowest BCUT2D eigenvalue weighted by Crippen LogP contribution is -2.14. The molecule has 0 aliphatic carbocycles. The van der Waals surface area contributed by atoms with Gasteiger partial charge in [0.15, 0.2) is 5.82 Å². The molecule has 0 saturated heterocycles. The van der Waals surface area contributed by atoms with Gasteiger partial charge in [0.05, 0.1) is 11.4 Å². The second-order valence-electron chi connectivity index (χ2n) is 5.34. The zero-order chi connectivity index (χ0) is 13.9. The Morgan fingerprint density at radius 3 is 2.53 bits per heavy atom. The molecule has 0 fully saturated rings. The van der Waals surface area contributed by atoms with E-state index < -0.39 is 0 Å². The van der Waals surface area contributed by atoms with Crippen LogP contribution in [-0.4, -0.2) is 15.9 Å². The second kappa shape index (κ2) is 5.48. The maximum atomic E-state index is 4.30. The van der Waals surface area contributed by atoms with E-state index in [0.29, 0.717) is 5.82 Å². The Labute approximate surface area is 117 Å². The van der Waals surface area contributed by atoms with Crippen LogP contribution in [0.5, 0.6) is 0 Å². The van der Waals surface area contributed by atoms with Gasteiger partial charge in [-0.05, 0) is 30.5 Å². The van der Waals surface area contributed by atoms with Crippen LogP contribution in [0, 0.1) is 0 Å². The van der Waals surface area contributed by atoms with Crippen LogP contribution in [0.25, 0.3) is 0 Å². The van der Waals surface area contributed by atoms with Crippen LogP contribution in [0.4, 0.5) is 5.82 Å². The van der Waals surface area contributed by atoms with Crippen molar-refractivity contribution in [2.45, 2.75) is 33.1 Å². The third-order valence-electron chi connectivity index (χ3n) is 2.65. The van der Waals surface area contributed by atoms with Gasteiger partial charge >= 0.3 is 0 Å². The molecule has 4 nitrogen and oxygen atoms in total. The van der Waals surface area contributed by atoms with Crippen molar-refractivity contribution in [3.63, 3.8) is 0 Å². The van der Waals surface area contributed by atoms with Crippen LogP contribution in [0.3, 0.4) is 0 Å². The van der Waals surface area contributed by atoms with Crippen molar-refractivity contribution < 1.29 is 0 Å². The highest BCUT2D eigenvalue weighted by Gasteiger charge is 2.15. The quantitative estimate of drug-likeness (QED) is 0.686. The van der Waals surface area contributed by atoms with Crippen molar-refractivity contribution >= 4 is 22.9 Å². The Bertz CT molecular complexity index is 550. The van der Waals surface area contributed by atoms with Crippen LogP contribution >= 0.6 is 11.3 Å². The normalized spacial score (nSPS) is 12.5. The van der Waals surface area contributed by atoms with Gasteiger partial charge in [-0.15, -0.1) is 16.4 Å². The van der Waals surface area contributed by atoms with Crippen LogP contribution < -0.4 is 5.43 Å². The maximum absolute atomic E-state index is 4.30. The number of hydrazone groups is 1. The molecule has 0 saturated carbocycles. The molecular weight excluding hydrogens is 256 g/mol. The van der Waals surface area contributed by atoms with E-state index in [4.69, 9.17) is 0 Å². The van der Waals surface area contributed by atoms with E-state index in [1.807, 2.05) is 36.6 Å².